The van der Waals surface area contributed by atoms with Gasteiger partial charge in [0.1, 0.15) is 6.33 Å². The maximum atomic E-state index is 12.9. The third-order valence-electron chi connectivity index (χ3n) is 2.34. The van der Waals surface area contributed by atoms with E-state index in [-0.39, 0.29) is 17.1 Å². The van der Waals surface area contributed by atoms with Gasteiger partial charge in [0, 0.05) is 11.6 Å². The van der Waals surface area contributed by atoms with Gasteiger partial charge in [0.25, 0.3) is 0 Å². The summed E-state index contributed by atoms with van der Waals surface area (Å²) in [6, 6.07) is 5.84. The van der Waals surface area contributed by atoms with E-state index in [1.54, 1.807) is 0 Å². The van der Waals surface area contributed by atoms with Crippen molar-refractivity contribution in [2.45, 2.75) is 6.18 Å². The van der Waals surface area contributed by atoms with Gasteiger partial charge in [-0.2, -0.15) is 13.2 Å². The third-order valence-corrected chi connectivity index (χ3v) is 2.34. The summed E-state index contributed by atoms with van der Waals surface area (Å²) in [5, 5.41) is 8.45. The zero-order chi connectivity index (χ0) is 14.8. The molecule has 1 aromatic heterocycles. The van der Waals surface area contributed by atoms with E-state index in [9.17, 15) is 18.0 Å². The fourth-order valence-electron chi connectivity index (χ4n) is 1.59. The first kappa shape index (κ1) is 13.8. The molecule has 0 aliphatic carbocycles. The van der Waals surface area contributed by atoms with Crippen LogP contribution in [-0.4, -0.2) is 21.2 Å². The highest BCUT2D eigenvalue weighted by Gasteiger charge is 2.33. The molecule has 8 heteroatoms. The second kappa shape index (κ2) is 5.16. The number of halogens is 3. The predicted molar refractivity (Wildman–Crippen MR) is 61.1 cm³/mol. The summed E-state index contributed by atoms with van der Waals surface area (Å²) >= 11 is 0. The number of ether oxygens (including phenoxy) is 1. The molecule has 1 aromatic carbocycles. The van der Waals surface area contributed by atoms with E-state index in [0.29, 0.717) is 0 Å². The van der Waals surface area contributed by atoms with Crippen LogP contribution in [-0.2, 0) is 6.18 Å². The Morgan fingerprint density at radius 2 is 1.90 bits per heavy atom. The fraction of sp³-hybridized carbons (Fsp3) is 0.0833. The molecule has 1 N–H and O–H groups in total. The lowest BCUT2D eigenvalue weighted by Crippen LogP contribution is -2.08. The minimum atomic E-state index is -4.55. The molecular formula is C12H7F3N2O3. The summed E-state index contributed by atoms with van der Waals surface area (Å²) < 4.78 is 42.9. The fourth-order valence-corrected chi connectivity index (χ4v) is 1.59. The van der Waals surface area contributed by atoms with Crippen LogP contribution in [0.1, 0.15) is 5.56 Å². The van der Waals surface area contributed by atoms with Gasteiger partial charge in [-0.25, -0.2) is 14.8 Å². The largest absolute Gasteiger partial charge is 0.512 e. The Morgan fingerprint density at radius 1 is 1.20 bits per heavy atom. The van der Waals surface area contributed by atoms with Gasteiger partial charge in [-0.3, -0.25) is 0 Å². The summed E-state index contributed by atoms with van der Waals surface area (Å²) in [6.07, 6.45) is -5.23. The third kappa shape index (κ3) is 3.02. The first-order valence-corrected chi connectivity index (χ1v) is 5.27. The van der Waals surface area contributed by atoms with Gasteiger partial charge in [0.2, 0.25) is 5.88 Å². The lowest BCUT2D eigenvalue weighted by Gasteiger charge is -2.12. The van der Waals surface area contributed by atoms with Crippen LogP contribution in [0.25, 0.3) is 11.3 Å². The van der Waals surface area contributed by atoms with Crippen LogP contribution in [0.4, 0.5) is 18.0 Å². The molecule has 104 valence electrons. The van der Waals surface area contributed by atoms with Crippen molar-refractivity contribution in [1.29, 1.82) is 0 Å². The first-order valence-electron chi connectivity index (χ1n) is 5.27. The summed E-state index contributed by atoms with van der Waals surface area (Å²) in [5.74, 6) is -0.348. The van der Waals surface area contributed by atoms with E-state index in [1.807, 2.05) is 0 Å². The SMILES string of the molecule is O=C(O)Oc1cc(-c2ccccc2C(F)(F)F)ncn1. The Hall–Kier alpha value is -2.64. The second-order valence-electron chi connectivity index (χ2n) is 3.65. The van der Waals surface area contributed by atoms with Gasteiger partial charge in [-0.15, -0.1) is 0 Å². The van der Waals surface area contributed by atoms with Gasteiger partial charge in [-0.1, -0.05) is 18.2 Å². The van der Waals surface area contributed by atoms with Crippen molar-refractivity contribution >= 4 is 6.16 Å². The van der Waals surface area contributed by atoms with Crippen LogP contribution in [0.15, 0.2) is 36.7 Å². The van der Waals surface area contributed by atoms with E-state index in [1.165, 1.54) is 18.2 Å². The zero-order valence-electron chi connectivity index (χ0n) is 9.76. The molecule has 0 aliphatic heterocycles. The van der Waals surface area contributed by atoms with E-state index in [4.69, 9.17) is 5.11 Å². The summed E-state index contributed by atoms with van der Waals surface area (Å²) in [4.78, 5) is 17.6. The number of hydrogen-bond acceptors (Lipinski definition) is 4. The predicted octanol–water partition coefficient (Wildman–Crippen LogP) is 3.22. The molecule has 0 saturated heterocycles. The topological polar surface area (TPSA) is 72.3 Å². The Labute approximate surface area is 110 Å². The molecule has 0 spiro atoms. The van der Waals surface area contributed by atoms with Crippen LogP contribution >= 0.6 is 0 Å². The molecule has 0 aliphatic rings. The number of aromatic nitrogens is 2. The number of carboxylic acid groups (broad SMARTS) is 1. The van der Waals surface area contributed by atoms with Crippen molar-refractivity contribution in [3.05, 3.63) is 42.2 Å². The molecule has 0 radical (unpaired) electrons. The van der Waals surface area contributed by atoms with Crippen molar-refractivity contribution in [3.8, 4) is 17.1 Å². The van der Waals surface area contributed by atoms with Crippen LogP contribution < -0.4 is 4.74 Å². The van der Waals surface area contributed by atoms with E-state index in [0.717, 1.165) is 18.5 Å². The molecule has 1 heterocycles. The van der Waals surface area contributed by atoms with Crippen molar-refractivity contribution in [1.82, 2.24) is 9.97 Å². The quantitative estimate of drug-likeness (QED) is 0.857. The van der Waals surface area contributed by atoms with Crippen molar-refractivity contribution in [2.24, 2.45) is 0 Å². The normalized spacial score (nSPS) is 11.2. The lowest BCUT2D eigenvalue weighted by atomic mass is 10.0. The van der Waals surface area contributed by atoms with Gasteiger partial charge >= 0.3 is 12.3 Å². The number of carbonyl (C=O) groups is 1. The molecular weight excluding hydrogens is 277 g/mol. The number of hydrogen-bond donors (Lipinski definition) is 1. The molecule has 0 unspecified atom stereocenters. The molecule has 20 heavy (non-hydrogen) atoms. The van der Waals surface area contributed by atoms with Crippen LogP contribution in [0.5, 0.6) is 5.88 Å². The summed E-state index contributed by atoms with van der Waals surface area (Å²) in [6.45, 7) is 0. The highest BCUT2D eigenvalue weighted by Crippen LogP contribution is 2.36. The number of nitrogens with zero attached hydrogens (tertiary/aromatic N) is 2. The number of alkyl halides is 3. The highest BCUT2D eigenvalue weighted by atomic mass is 19.4. The maximum absolute atomic E-state index is 12.9. The Balaban J connectivity index is 2.49. The summed E-state index contributed by atoms with van der Waals surface area (Å²) in [7, 11) is 0. The van der Waals surface area contributed by atoms with Crippen LogP contribution in [0, 0.1) is 0 Å². The summed E-state index contributed by atoms with van der Waals surface area (Å²) in [5.41, 5.74) is -1.14. The second-order valence-corrected chi connectivity index (χ2v) is 3.65. The van der Waals surface area contributed by atoms with E-state index >= 15 is 0 Å². The van der Waals surface area contributed by atoms with Gasteiger partial charge in [-0.05, 0) is 6.07 Å². The van der Waals surface area contributed by atoms with E-state index < -0.39 is 17.9 Å². The van der Waals surface area contributed by atoms with Gasteiger partial charge < -0.3 is 9.84 Å². The molecule has 2 aromatic rings. The molecule has 0 fully saturated rings. The Morgan fingerprint density at radius 3 is 2.55 bits per heavy atom. The molecule has 0 saturated carbocycles. The molecule has 5 nitrogen and oxygen atoms in total. The smallest absolute Gasteiger partial charge is 0.449 e. The first-order chi connectivity index (χ1) is 9.38. The van der Waals surface area contributed by atoms with Crippen molar-refractivity contribution < 1.29 is 27.8 Å². The number of rotatable bonds is 2. The minimum Gasteiger partial charge on any atom is -0.449 e. The maximum Gasteiger partial charge on any atom is 0.512 e. The Bertz CT molecular complexity index is 644. The average Bonchev–Trinajstić information content (AvgIpc) is 2.37. The average molecular weight is 284 g/mol. The van der Waals surface area contributed by atoms with Crippen LogP contribution in [0.3, 0.4) is 0 Å². The Kier molecular flexibility index (Phi) is 3.55. The molecule has 0 bridgehead atoms. The zero-order valence-corrected chi connectivity index (χ0v) is 9.76. The van der Waals surface area contributed by atoms with Crippen LogP contribution in [0.2, 0.25) is 0 Å². The number of benzene rings is 1. The van der Waals surface area contributed by atoms with Gasteiger partial charge in [0.15, 0.2) is 0 Å². The standard InChI is InChI=1S/C12H7F3N2O3/c13-12(14,15)8-4-2-1-3-7(8)9-5-10(17-6-16-9)20-11(18)19/h1-6H,(H,18,19). The van der Waals surface area contributed by atoms with Gasteiger partial charge in [0.05, 0.1) is 11.3 Å². The molecule has 0 atom stereocenters. The lowest BCUT2D eigenvalue weighted by molar-refractivity contribution is -0.137. The molecule has 0 amide bonds. The highest BCUT2D eigenvalue weighted by molar-refractivity contribution is 5.66. The monoisotopic (exact) mass is 284 g/mol. The van der Waals surface area contributed by atoms with Crippen molar-refractivity contribution in [3.63, 3.8) is 0 Å². The van der Waals surface area contributed by atoms with E-state index in [2.05, 4.69) is 14.7 Å². The molecule has 2 rings (SSSR count). The minimum absolute atomic E-state index is 0.0795. The van der Waals surface area contributed by atoms with Crippen molar-refractivity contribution in [2.75, 3.05) is 0 Å².